The number of hydrogen-bond donors (Lipinski definition) is 0. The van der Waals surface area contributed by atoms with Crippen molar-refractivity contribution in [1.29, 1.82) is 0 Å². The van der Waals surface area contributed by atoms with Gasteiger partial charge in [0.15, 0.2) is 5.11 Å². The largest absolute Gasteiger partial charge is 0.494 e. The number of thiocarbonyl (C=S) groups is 1. The van der Waals surface area contributed by atoms with Gasteiger partial charge in [0.1, 0.15) is 18.0 Å². The van der Waals surface area contributed by atoms with Crippen molar-refractivity contribution in [2.24, 2.45) is 0 Å². The van der Waals surface area contributed by atoms with Gasteiger partial charge in [-0.3, -0.25) is 14.5 Å². The van der Waals surface area contributed by atoms with Crippen LogP contribution in [0.3, 0.4) is 0 Å². The van der Waals surface area contributed by atoms with Gasteiger partial charge in [0, 0.05) is 0 Å². The topological polar surface area (TPSA) is 85.4 Å². The highest BCUT2D eigenvalue weighted by molar-refractivity contribution is 7.80. The highest BCUT2D eigenvalue weighted by atomic mass is 32.1. The fourth-order valence-electron chi connectivity index (χ4n) is 3.10. The maximum atomic E-state index is 13.3. The monoisotopic (exact) mass is 454 g/mol. The lowest BCUT2D eigenvalue weighted by Crippen LogP contribution is -2.35. The van der Waals surface area contributed by atoms with Crippen molar-refractivity contribution in [1.82, 2.24) is 4.90 Å². The van der Waals surface area contributed by atoms with Gasteiger partial charge in [-0.25, -0.2) is 4.79 Å². The summed E-state index contributed by atoms with van der Waals surface area (Å²) < 4.78 is 14.9. The molecule has 166 valence electrons. The van der Waals surface area contributed by atoms with E-state index in [0.717, 1.165) is 0 Å². The molecule has 1 heterocycles. The number of esters is 2. The molecule has 0 spiro atoms. The van der Waals surface area contributed by atoms with Crippen LogP contribution in [0.2, 0.25) is 0 Å². The number of hydrogen-bond acceptors (Lipinski definition) is 7. The zero-order valence-electron chi connectivity index (χ0n) is 17.9. The Hall–Kier alpha value is -3.72. The molecule has 8 nitrogen and oxygen atoms in total. The number of nitrogens with zero attached hydrogens (tertiary/aromatic N) is 2. The molecule has 0 unspecified atom stereocenters. The highest BCUT2D eigenvalue weighted by Gasteiger charge is 2.40. The minimum absolute atomic E-state index is 0.155. The Morgan fingerprint density at radius 2 is 1.66 bits per heavy atom. The standard InChI is InChI=1S/C23H22N2O6S/c1-4-31-18-11-9-17(10-12-18)25-21(27)19(24(23(25)32)14-20(26)29-2)13-15-5-7-16(8-6-15)22(28)30-3/h5-13H,4,14H2,1-3H3. The summed E-state index contributed by atoms with van der Waals surface area (Å²) in [6.07, 6.45) is 1.60. The van der Waals surface area contributed by atoms with Crippen molar-refractivity contribution in [3.8, 4) is 5.75 Å². The van der Waals surface area contributed by atoms with Crippen molar-refractivity contribution in [3.05, 3.63) is 65.4 Å². The van der Waals surface area contributed by atoms with Gasteiger partial charge >= 0.3 is 11.9 Å². The zero-order chi connectivity index (χ0) is 23.3. The molecule has 1 fully saturated rings. The molecule has 0 aliphatic carbocycles. The maximum Gasteiger partial charge on any atom is 0.337 e. The summed E-state index contributed by atoms with van der Waals surface area (Å²) in [5.74, 6) is -0.723. The van der Waals surface area contributed by atoms with Crippen LogP contribution >= 0.6 is 12.2 Å². The predicted octanol–water partition coefficient (Wildman–Crippen LogP) is 3.02. The molecule has 0 radical (unpaired) electrons. The quantitative estimate of drug-likeness (QED) is 0.359. The molecular weight excluding hydrogens is 432 g/mol. The molecule has 1 amide bonds. The van der Waals surface area contributed by atoms with Gasteiger partial charge in [-0.1, -0.05) is 12.1 Å². The van der Waals surface area contributed by atoms with Crippen LogP contribution in [0.25, 0.3) is 6.08 Å². The summed E-state index contributed by atoms with van der Waals surface area (Å²) in [7, 11) is 2.57. The Kier molecular flexibility index (Phi) is 7.21. The third-order valence-electron chi connectivity index (χ3n) is 4.69. The minimum Gasteiger partial charge on any atom is -0.494 e. The van der Waals surface area contributed by atoms with E-state index in [0.29, 0.717) is 29.2 Å². The van der Waals surface area contributed by atoms with Crippen molar-refractivity contribution in [3.63, 3.8) is 0 Å². The maximum absolute atomic E-state index is 13.3. The van der Waals surface area contributed by atoms with Gasteiger partial charge in [-0.05, 0) is 67.2 Å². The van der Waals surface area contributed by atoms with Crippen LogP contribution in [-0.4, -0.2) is 55.2 Å². The first-order chi connectivity index (χ1) is 15.4. The minimum atomic E-state index is -0.541. The molecule has 0 aromatic heterocycles. The summed E-state index contributed by atoms with van der Waals surface area (Å²) in [5.41, 5.74) is 1.78. The van der Waals surface area contributed by atoms with Gasteiger partial charge < -0.3 is 19.1 Å². The lowest BCUT2D eigenvalue weighted by atomic mass is 10.1. The summed E-state index contributed by atoms with van der Waals surface area (Å²) in [6.45, 7) is 2.18. The molecule has 3 rings (SSSR count). The second-order valence-corrected chi connectivity index (χ2v) is 7.02. The van der Waals surface area contributed by atoms with Gasteiger partial charge in [0.25, 0.3) is 5.91 Å². The highest BCUT2D eigenvalue weighted by Crippen LogP contribution is 2.30. The van der Waals surface area contributed by atoms with E-state index < -0.39 is 11.9 Å². The Balaban J connectivity index is 1.97. The van der Waals surface area contributed by atoms with Gasteiger partial charge in [0.05, 0.1) is 32.1 Å². The lowest BCUT2D eigenvalue weighted by Gasteiger charge is -2.19. The van der Waals surface area contributed by atoms with Crippen molar-refractivity contribution in [2.45, 2.75) is 6.92 Å². The molecular formula is C23H22N2O6S. The Bertz CT molecular complexity index is 1060. The van der Waals surface area contributed by atoms with Crippen LogP contribution in [0.5, 0.6) is 5.75 Å². The van der Waals surface area contributed by atoms with E-state index in [1.54, 1.807) is 54.6 Å². The van der Waals surface area contributed by atoms with Crippen molar-refractivity contribution < 1.29 is 28.6 Å². The van der Waals surface area contributed by atoms with Crippen LogP contribution in [-0.2, 0) is 19.1 Å². The summed E-state index contributed by atoms with van der Waals surface area (Å²) in [6, 6.07) is 13.4. The van der Waals surface area contributed by atoms with E-state index in [-0.39, 0.29) is 23.3 Å². The molecule has 0 atom stereocenters. The first-order valence-electron chi connectivity index (χ1n) is 9.75. The van der Waals surface area contributed by atoms with E-state index in [2.05, 4.69) is 0 Å². The Morgan fingerprint density at radius 3 is 2.22 bits per heavy atom. The van der Waals surface area contributed by atoms with E-state index in [4.69, 9.17) is 26.4 Å². The normalized spacial score (nSPS) is 14.7. The molecule has 1 saturated heterocycles. The molecule has 32 heavy (non-hydrogen) atoms. The van der Waals surface area contributed by atoms with Gasteiger partial charge in [0.2, 0.25) is 0 Å². The number of amides is 1. The summed E-state index contributed by atoms with van der Waals surface area (Å²) in [5, 5.41) is 0.155. The molecule has 2 aromatic rings. The fourth-order valence-corrected chi connectivity index (χ4v) is 3.45. The summed E-state index contributed by atoms with van der Waals surface area (Å²) >= 11 is 5.53. The molecule has 9 heteroatoms. The van der Waals surface area contributed by atoms with Crippen LogP contribution in [0.15, 0.2) is 54.2 Å². The molecule has 1 aliphatic heterocycles. The van der Waals surface area contributed by atoms with Crippen LogP contribution < -0.4 is 9.64 Å². The van der Waals surface area contributed by atoms with Crippen LogP contribution in [0.1, 0.15) is 22.8 Å². The second-order valence-electron chi connectivity index (χ2n) is 6.66. The number of rotatable bonds is 7. The molecule has 1 aliphatic rings. The number of ether oxygens (including phenoxy) is 3. The average Bonchev–Trinajstić information content (AvgIpc) is 3.03. The molecule has 0 saturated carbocycles. The number of carbonyl (C=O) groups is 3. The predicted molar refractivity (Wildman–Crippen MR) is 122 cm³/mol. The second kappa shape index (κ2) is 10.1. The third kappa shape index (κ3) is 4.78. The van der Waals surface area contributed by atoms with Gasteiger partial charge in [-0.2, -0.15) is 0 Å². The number of carbonyl (C=O) groups excluding carboxylic acids is 3. The number of anilines is 1. The van der Waals surface area contributed by atoms with Crippen molar-refractivity contribution in [2.75, 3.05) is 32.3 Å². The van der Waals surface area contributed by atoms with Gasteiger partial charge in [-0.15, -0.1) is 0 Å². The molecule has 0 bridgehead atoms. The molecule has 2 aromatic carbocycles. The first kappa shape index (κ1) is 23.0. The van der Waals surface area contributed by atoms with Crippen molar-refractivity contribution >= 4 is 46.9 Å². The van der Waals surface area contributed by atoms with E-state index >= 15 is 0 Å². The lowest BCUT2D eigenvalue weighted by molar-refractivity contribution is -0.140. The van der Waals surface area contributed by atoms with Crippen LogP contribution in [0, 0.1) is 0 Å². The Labute approximate surface area is 191 Å². The van der Waals surface area contributed by atoms with Crippen LogP contribution in [0.4, 0.5) is 5.69 Å². The molecule has 0 N–H and O–H groups in total. The summed E-state index contributed by atoms with van der Waals surface area (Å²) in [4.78, 5) is 39.7. The number of methoxy groups -OCH3 is 2. The third-order valence-corrected chi connectivity index (χ3v) is 5.09. The fraction of sp³-hybridized carbons (Fsp3) is 0.217. The average molecular weight is 455 g/mol. The van der Waals surface area contributed by atoms with E-state index in [9.17, 15) is 14.4 Å². The Morgan fingerprint density at radius 1 is 1.00 bits per heavy atom. The smallest absolute Gasteiger partial charge is 0.337 e. The van der Waals surface area contributed by atoms with E-state index in [1.807, 2.05) is 6.92 Å². The number of benzene rings is 2. The first-order valence-corrected chi connectivity index (χ1v) is 10.2. The zero-order valence-corrected chi connectivity index (χ0v) is 18.7. The van der Waals surface area contributed by atoms with E-state index in [1.165, 1.54) is 24.0 Å². The SMILES string of the molecule is CCOc1ccc(N2C(=O)C(=Cc3ccc(C(=O)OC)cc3)N(CC(=O)OC)C2=S)cc1.